The van der Waals surface area contributed by atoms with Gasteiger partial charge in [-0.1, -0.05) is 27.4 Å². The van der Waals surface area contributed by atoms with Crippen LogP contribution < -0.4 is 0 Å². The molecule has 4 rings (SSSR count). The van der Waals surface area contributed by atoms with Crippen molar-refractivity contribution >= 4 is 5.78 Å². The first-order valence-corrected chi connectivity index (χ1v) is 7.53. The number of ketones is 1. The molecule has 0 aliphatic heterocycles. The van der Waals surface area contributed by atoms with E-state index in [1.54, 1.807) is 0 Å². The summed E-state index contributed by atoms with van der Waals surface area (Å²) in [6.45, 7) is 4.91. The molecule has 0 N–H and O–H groups in total. The average Bonchev–Trinajstić information content (AvgIpc) is 2.75. The Morgan fingerprint density at radius 3 is 2.79 bits per heavy atom. The normalized spacial score (nSPS) is 41.9. The summed E-state index contributed by atoms with van der Waals surface area (Å²) in [5.41, 5.74) is 3.39. The van der Waals surface area contributed by atoms with Gasteiger partial charge in [0.2, 0.25) is 0 Å². The van der Waals surface area contributed by atoms with Crippen LogP contribution in [0.5, 0.6) is 0 Å². The van der Waals surface area contributed by atoms with Crippen molar-refractivity contribution in [2.75, 3.05) is 0 Å². The Hall–Kier alpha value is -0.850. The largest absolute Gasteiger partial charge is 0.294 e. The number of hydrogen-bond donors (Lipinski definition) is 0. The van der Waals surface area contributed by atoms with Crippen LogP contribution >= 0.6 is 0 Å². The van der Waals surface area contributed by atoms with Gasteiger partial charge >= 0.3 is 0 Å². The summed E-state index contributed by atoms with van der Waals surface area (Å²) in [6.07, 6.45) is 10.3. The smallest absolute Gasteiger partial charge is 0.160 e. The lowest BCUT2D eigenvalue weighted by Crippen LogP contribution is -2.23. The zero-order valence-electron chi connectivity index (χ0n) is 11.4. The first-order valence-electron chi connectivity index (χ1n) is 7.53. The lowest BCUT2D eigenvalue weighted by atomic mass is 9.73. The van der Waals surface area contributed by atoms with E-state index in [1.165, 1.54) is 36.8 Å². The Balaban J connectivity index is 0.00000110. The summed E-state index contributed by atoms with van der Waals surface area (Å²) in [5.74, 6) is 3.80. The SMILES string of the molecule is C.CC1(C)C2CCC3C4=CC(=O)CC4=CCCC3C21. The van der Waals surface area contributed by atoms with Crippen LogP contribution in [0.2, 0.25) is 0 Å². The van der Waals surface area contributed by atoms with Gasteiger partial charge in [-0.25, -0.2) is 0 Å². The van der Waals surface area contributed by atoms with E-state index in [2.05, 4.69) is 19.9 Å². The van der Waals surface area contributed by atoms with Crippen molar-refractivity contribution in [2.45, 2.75) is 53.4 Å². The molecule has 4 atom stereocenters. The molecule has 4 aliphatic carbocycles. The van der Waals surface area contributed by atoms with E-state index in [0.29, 0.717) is 23.5 Å². The molecule has 2 saturated carbocycles. The van der Waals surface area contributed by atoms with E-state index in [-0.39, 0.29) is 7.43 Å². The third kappa shape index (κ3) is 1.70. The van der Waals surface area contributed by atoms with Crippen molar-refractivity contribution in [3.8, 4) is 0 Å². The minimum Gasteiger partial charge on any atom is -0.294 e. The van der Waals surface area contributed by atoms with Gasteiger partial charge in [0.05, 0.1) is 0 Å². The molecule has 0 aromatic carbocycles. The maximum Gasteiger partial charge on any atom is 0.160 e. The monoisotopic (exact) mass is 258 g/mol. The molecule has 104 valence electrons. The number of rotatable bonds is 0. The number of carbonyl (C=O) groups excluding carboxylic acids is 1. The fourth-order valence-electron chi connectivity index (χ4n) is 5.37. The van der Waals surface area contributed by atoms with Gasteiger partial charge in [0.15, 0.2) is 5.78 Å². The molecule has 0 aromatic rings. The molecular weight excluding hydrogens is 232 g/mol. The Bertz CT molecular complexity index is 480. The molecule has 19 heavy (non-hydrogen) atoms. The second kappa shape index (κ2) is 4.07. The molecule has 0 amide bonds. The van der Waals surface area contributed by atoms with E-state index in [0.717, 1.165) is 17.8 Å². The van der Waals surface area contributed by atoms with Crippen LogP contribution in [-0.2, 0) is 4.79 Å². The Labute approximate surface area is 117 Å². The summed E-state index contributed by atoms with van der Waals surface area (Å²) < 4.78 is 0. The molecule has 1 nitrogen and oxygen atoms in total. The topological polar surface area (TPSA) is 17.1 Å². The lowest BCUT2D eigenvalue weighted by molar-refractivity contribution is -0.113. The molecule has 1 heteroatoms. The summed E-state index contributed by atoms with van der Waals surface area (Å²) >= 11 is 0. The Kier molecular flexibility index (Phi) is 2.82. The van der Waals surface area contributed by atoms with Crippen LogP contribution in [0.25, 0.3) is 0 Å². The summed E-state index contributed by atoms with van der Waals surface area (Å²) in [5, 5.41) is 0. The molecule has 0 spiro atoms. The zero-order valence-corrected chi connectivity index (χ0v) is 11.4. The first-order chi connectivity index (χ1) is 8.59. The molecule has 0 bridgehead atoms. The average molecular weight is 258 g/mol. The van der Waals surface area contributed by atoms with Gasteiger partial charge in [0.1, 0.15) is 0 Å². The predicted octanol–water partition coefficient (Wildman–Crippen LogP) is 4.54. The molecule has 0 heterocycles. The highest BCUT2D eigenvalue weighted by molar-refractivity contribution is 5.97. The maximum absolute atomic E-state index is 11.7. The van der Waals surface area contributed by atoms with Crippen molar-refractivity contribution in [1.29, 1.82) is 0 Å². The minimum atomic E-state index is 0. The number of fused-ring (bicyclic) bond motifs is 5. The van der Waals surface area contributed by atoms with Crippen molar-refractivity contribution in [2.24, 2.45) is 29.1 Å². The van der Waals surface area contributed by atoms with Crippen LogP contribution in [-0.4, -0.2) is 5.78 Å². The fourth-order valence-corrected chi connectivity index (χ4v) is 5.37. The number of hydrogen-bond acceptors (Lipinski definition) is 1. The Morgan fingerprint density at radius 1 is 1.21 bits per heavy atom. The number of carbonyl (C=O) groups is 1. The van der Waals surface area contributed by atoms with E-state index in [1.807, 2.05) is 6.08 Å². The van der Waals surface area contributed by atoms with Gasteiger partial charge < -0.3 is 0 Å². The molecule has 0 saturated heterocycles. The van der Waals surface area contributed by atoms with Crippen LogP contribution in [0.3, 0.4) is 0 Å². The first kappa shape index (κ1) is 13.1. The highest BCUT2D eigenvalue weighted by atomic mass is 16.1. The van der Waals surface area contributed by atoms with Gasteiger partial charge in [-0.05, 0) is 72.0 Å². The molecule has 0 aromatic heterocycles. The molecule has 2 fully saturated rings. The third-order valence-corrected chi connectivity index (χ3v) is 6.25. The lowest BCUT2D eigenvalue weighted by Gasteiger charge is -2.31. The van der Waals surface area contributed by atoms with Gasteiger partial charge in [-0.3, -0.25) is 4.79 Å². The van der Waals surface area contributed by atoms with Crippen LogP contribution in [0.1, 0.15) is 53.4 Å². The number of allylic oxidation sites excluding steroid dienone is 4. The third-order valence-electron chi connectivity index (χ3n) is 6.25. The summed E-state index contributed by atoms with van der Waals surface area (Å²) in [7, 11) is 0. The minimum absolute atomic E-state index is 0. The zero-order chi connectivity index (χ0) is 12.5. The molecule has 4 unspecified atom stereocenters. The van der Waals surface area contributed by atoms with Crippen molar-refractivity contribution in [3.63, 3.8) is 0 Å². The van der Waals surface area contributed by atoms with Crippen molar-refractivity contribution < 1.29 is 4.79 Å². The maximum atomic E-state index is 11.7. The fraction of sp³-hybridized carbons (Fsp3) is 0.722. The summed E-state index contributed by atoms with van der Waals surface area (Å²) in [6, 6.07) is 0. The van der Waals surface area contributed by atoms with E-state index in [9.17, 15) is 4.79 Å². The van der Waals surface area contributed by atoms with Gasteiger partial charge in [-0.2, -0.15) is 0 Å². The highest BCUT2D eigenvalue weighted by Gasteiger charge is 2.63. The standard InChI is InChI=1S/C17H22O.CH4/c1-17(2)15-7-6-12-13(16(15)17)5-3-4-10-8-11(18)9-14(10)12;/h4,9,12-13,15-16H,3,5-8H2,1-2H3;1H4. The van der Waals surface area contributed by atoms with Crippen molar-refractivity contribution in [3.05, 3.63) is 23.3 Å². The molecule has 4 aliphatic rings. The van der Waals surface area contributed by atoms with Gasteiger partial charge in [0, 0.05) is 6.42 Å². The van der Waals surface area contributed by atoms with E-state index >= 15 is 0 Å². The van der Waals surface area contributed by atoms with Crippen LogP contribution in [0, 0.1) is 29.1 Å². The molecule has 0 radical (unpaired) electrons. The van der Waals surface area contributed by atoms with Gasteiger partial charge in [0.25, 0.3) is 0 Å². The Morgan fingerprint density at radius 2 is 2.00 bits per heavy atom. The van der Waals surface area contributed by atoms with E-state index in [4.69, 9.17) is 0 Å². The quantitative estimate of drug-likeness (QED) is 0.623. The van der Waals surface area contributed by atoms with E-state index < -0.39 is 0 Å². The second-order valence-electron chi connectivity index (χ2n) is 7.35. The second-order valence-corrected chi connectivity index (χ2v) is 7.35. The van der Waals surface area contributed by atoms with Gasteiger partial charge in [-0.15, -0.1) is 0 Å². The summed E-state index contributed by atoms with van der Waals surface area (Å²) in [4.78, 5) is 11.7. The van der Waals surface area contributed by atoms with Crippen LogP contribution in [0.15, 0.2) is 23.3 Å². The van der Waals surface area contributed by atoms with Crippen molar-refractivity contribution in [1.82, 2.24) is 0 Å². The van der Waals surface area contributed by atoms with Crippen LogP contribution in [0.4, 0.5) is 0 Å². The predicted molar refractivity (Wildman–Crippen MR) is 78.7 cm³/mol. The highest BCUT2D eigenvalue weighted by Crippen LogP contribution is 2.70. The molecular formula is C18H26O.